The summed E-state index contributed by atoms with van der Waals surface area (Å²) in [7, 11) is 0. The van der Waals surface area contributed by atoms with Gasteiger partial charge < -0.3 is 5.11 Å². The molecule has 88 valence electrons. The fraction of sp³-hybridized carbons (Fsp3) is 0.286. The Balaban J connectivity index is 2.93. The van der Waals surface area contributed by atoms with Crippen molar-refractivity contribution in [2.24, 2.45) is 0 Å². The third kappa shape index (κ3) is 4.12. The molecule has 0 aliphatic heterocycles. The van der Waals surface area contributed by atoms with E-state index in [4.69, 9.17) is 10.4 Å². The van der Waals surface area contributed by atoms with Gasteiger partial charge in [0.1, 0.15) is 0 Å². The van der Waals surface area contributed by atoms with E-state index in [0.29, 0.717) is 5.56 Å². The molecule has 0 spiro atoms. The van der Waals surface area contributed by atoms with E-state index in [0.717, 1.165) is 24.0 Å². The van der Waals surface area contributed by atoms with Crippen molar-refractivity contribution in [1.82, 2.24) is 0 Å². The number of aliphatic carboxylic acids is 1. The Morgan fingerprint density at radius 3 is 2.53 bits per heavy atom. The third-order valence-electron chi connectivity index (χ3n) is 2.43. The summed E-state index contributed by atoms with van der Waals surface area (Å²) in [4.78, 5) is 10.6. The number of carboxylic acid groups (broad SMARTS) is 1. The minimum absolute atomic E-state index is 0.0370. The molecular weight excluding hydrogens is 214 g/mol. The number of rotatable bonds is 5. The van der Waals surface area contributed by atoms with Crippen molar-refractivity contribution in [2.75, 3.05) is 0 Å². The van der Waals surface area contributed by atoms with Gasteiger partial charge >= 0.3 is 5.97 Å². The first kappa shape index (κ1) is 13.0. The standard InChI is InChI=1S/C14H15NO2/c1-2-3-12(8-9-14(16)17)13-6-4-11(10-15)5-7-13/h4-8H,2-3,9H2,1H3,(H,16,17)/b12-8+. The van der Waals surface area contributed by atoms with Crippen molar-refractivity contribution < 1.29 is 9.90 Å². The molecule has 1 aromatic carbocycles. The lowest BCUT2D eigenvalue weighted by molar-refractivity contribution is -0.135. The summed E-state index contributed by atoms with van der Waals surface area (Å²) in [5.74, 6) is -0.827. The Labute approximate surface area is 101 Å². The fourth-order valence-corrected chi connectivity index (χ4v) is 1.60. The minimum Gasteiger partial charge on any atom is -0.481 e. The first-order valence-corrected chi connectivity index (χ1v) is 5.58. The van der Waals surface area contributed by atoms with E-state index in [1.165, 1.54) is 0 Å². The molecule has 3 nitrogen and oxygen atoms in total. The molecule has 0 radical (unpaired) electrons. The highest BCUT2D eigenvalue weighted by Crippen LogP contribution is 2.20. The van der Waals surface area contributed by atoms with Crippen LogP contribution in [0.15, 0.2) is 30.3 Å². The maximum Gasteiger partial charge on any atom is 0.307 e. The van der Waals surface area contributed by atoms with Crippen LogP contribution in [-0.2, 0) is 4.79 Å². The smallest absolute Gasteiger partial charge is 0.307 e. The van der Waals surface area contributed by atoms with Crippen LogP contribution in [0.2, 0.25) is 0 Å². The molecule has 1 rings (SSSR count). The van der Waals surface area contributed by atoms with Gasteiger partial charge in [0.2, 0.25) is 0 Å². The molecule has 0 saturated heterocycles. The minimum atomic E-state index is -0.827. The Hall–Kier alpha value is -2.08. The highest BCUT2D eigenvalue weighted by Gasteiger charge is 2.02. The molecule has 0 heterocycles. The van der Waals surface area contributed by atoms with E-state index in [-0.39, 0.29) is 6.42 Å². The molecular formula is C14H15NO2. The van der Waals surface area contributed by atoms with E-state index in [1.54, 1.807) is 18.2 Å². The summed E-state index contributed by atoms with van der Waals surface area (Å²) in [6.07, 6.45) is 3.59. The summed E-state index contributed by atoms with van der Waals surface area (Å²) in [6.45, 7) is 2.05. The van der Waals surface area contributed by atoms with Crippen molar-refractivity contribution in [3.05, 3.63) is 41.5 Å². The van der Waals surface area contributed by atoms with Crippen LogP contribution in [0.5, 0.6) is 0 Å². The van der Waals surface area contributed by atoms with Gasteiger partial charge in [0.15, 0.2) is 0 Å². The number of carbonyl (C=O) groups is 1. The van der Waals surface area contributed by atoms with Crippen LogP contribution < -0.4 is 0 Å². The summed E-state index contributed by atoms with van der Waals surface area (Å²) in [5, 5.41) is 17.4. The van der Waals surface area contributed by atoms with Crippen molar-refractivity contribution in [3.63, 3.8) is 0 Å². The zero-order valence-corrected chi connectivity index (χ0v) is 9.81. The van der Waals surface area contributed by atoms with Crippen LogP contribution in [-0.4, -0.2) is 11.1 Å². The average molecular weight is 229 g/mol. The molecule has 17 heavy (non-hydrogen) atoms. The second-order valence-electron chi connectivity index (χ2n) is 3.77. The van der Waals surface area contributed by atoms with Gasteiger partial charge in [-0.05, 0) is 29.7 Å². The molecule has 0 bridgehead atoms. The predicted octanol–water partition coefficient (Wildman–Crippen LogP) is 3.22. The van der Waals surface area contributed by atoms with E-state index in [9.17, 15) is 4.79 Å². The van der Waals surface area contributed by atoms with Crippen molar-refractivity contribution >= 4 is 11.5 Å². The van der Waals surface area contributed by atoms with Gasteiger partial charge in [-0.15, -0.1) is 0 Å². The van der Waals surface area contributed by atoms with Crippen molar-refractivity contribution in [1.29, 1.82) is 5.26 Å². The summed E-state index contributed by atoms with van der Waals surface area (Å²) >= 11 is 0. The summed E-state index contributed by atoms with van der Waals surface area (Å²) in [5.41, 5.74) is 2.63. The first-order valence-electron chi connectivity index (χ1n) is 5.58. The topological polar surface area (TPSA) is 61.1 Å². The molecule has 0 aromatic heterocycles. The van der Waals surface area contributed by atoms with Crippen LogP contribution in [0.25, 0.3) is 5.57 Å². The average Bonchev–Trinajstić information content (AvgIpc) is 2.34. The lowest BCUT2D eigenvalue weighted by Crippen LogP contribution is -1.93. The van der Waals surface area contributed by atoms with Crippen LogP contribution in [0.4, 0.5) is 0 Å². The molecule has 1 N–H and O–H groups in total. The van der Waals surface area contributed by atoms with Gasteiger partial charge in [0.05, 0.1) is 18.1 Å². The molecule has 0 amide bonds. The Bertz CT molecular complexity index is 452. The van der Waals surface area contributed by atoms with Crippen LogP contribution >= 0.6 is 0 Å². The van der Waals surface area contributed by atoms with Gasteiger partial charge in [-0.25, -0.2) is 0 Å². The maximum atomic E-state index is 10.6. The summed E-state index contributed by atoms with van der Waals surface area (Å²) < 4.78 is 0. The lowest BCUT2D eigenvalue weighted by atomic mass is 9.99. The largest absolute Gasteiger partial charge is 0.481 e. The van der Waals surface area contributed by atoms with Gasteiger partial charge in [-0.2, -0.15) is 5.26 Å². The molecule has 0 unspecified atom stereocenters. The van der Waals surface area contributed by atoms with Crippen LogP contribution in [0, 0.1) is 11.3 Å². The Kier molecular flexibility index (Phi) is 4.96. The Morgan fingerprint density at radius 2 is 2.06 bits per heavy atom. The molecule has 0 aliphatic rings. The van der Waals surface area contributed by atoms with Crippen LogP contribution in [0.3, 0.4) is 0 Å². The zero-order valence-electron chi connectivity index (χ0n) is 9.81. The van der Waals surface area contributed by atoms with Gasteiger partial charge in [-0.3, -0.25) is 4.79 Å². The van der Waals surface area contributed by atoms with E-state index in [2.05, 4.69) is 13.0 Å². The van der Waals surface area contributed by atoms with Crippen molar-refractivity contribution in [2.45, 2.75) is 26.2 Å². The molecule has 1 aromatic rings. The molecule has 0 aliphatic carbocycles. The third-order valence-corrected chi connectivity index (χ3v) is 2.43. The number of benzene rings is 1. The fourth-order valence-electron chi connectivity index (χ4n) is 1.60. The molecule has 0 atom stereocenters. The number of hydrogen-bond acceptors (Lipinski definition) is 2. The molecule has 0 saturated carbocycles. The molecule has 0 fully saturated rings. The Morgan fingerprint density at radius 1 is 1.41 bits per heavy atom. The first-order chi connectivity index (χ1) is 8.17. The van der Waals surface area contributed by atoms with Crippen LogP contribution in [0.1, 0.15) is 37.3 Å². The normalized spacial score (nSPS) is 10.9. The highest BCUT2D eigenvalue weighted by atomic mass is 16.4. The van der Waals surface area contributed by atoms with E-state index in [1.807, 2.05) is 12.1 Å². The van der Waals surface area contributed by atoms with E-state index >= 15 is 0 Å². The second-order valence-corrected chi connectivity index (χ2v) is 3.77. The summed E-state index contributed by atoms with van der Waals surface area (Å²) in [6, 6.07) is 9.29. The lowest BCUT2D eigenvalue weighted by Gasteiger charge is -2.06. The predicted molar refractivity (Wildman–Crippen MR) is 66.3 cm³/mol. The SMILES string of the molecule is CCC/C(=C\CC(=O)O)c1ccc(C#N)cc1. The number of allylic oxidation sites excluding steroid dienone is 1. The van der Waals surface area contributed by atoms with Crippen molar-refractivity contribution in [3.8, 4) is 6.07 Å². The zero-order chi connectivity index (χ0) is 12.7. The second kappa shape index (κ2) is 6.49. The van der Waals surface area contributed by atoms with E-state index < -0.39 is 5.97 Å². The van der Waals surface area contributed by atoms with Gasteiger partial charge in [0.25, 0.3) is 0 Å². The number of nitrogens with zero attached hydrogens (tertiary/aromatic N) is 1. The van der Waals surface area contributed by atoms with Gasteiger partial charge in [0, 0.05) is 0 Å². The highest BCUT2D eigenvalue weighted by molar-refractivity contribution is 5.74. The van der Waals surface area contributed by atoms with Gasteiger partial charge in [-0.1, -0.05) is 31.6 Å². The number of nitriles is 1. The quantitative estimate of drug-likeness (QED) is 0.843. The monoisotopic (exact) mass is 229 g/mol. The maximum absolute atomic E-state index is 10.6. The number of hydrogen-bond donors (Lipinski definition) is 1. The number of carboxylic acids is 1. The molecule has 3 heteroatoms.